The lowest BCUT2D eigenvalue weighted by molar-refractivity contribution is 0.151. The minimum absolute atomic E-state index is 0.396. The third kappa shape index (κ3) is 2.76. The standard InChI is InChI=1S/C18H27N5/c1-13(2)22-11-7-14(8-12-22)23-17-16(6-4-10-20-17)21-18(23)15-5-3-9-19-15/h4,6,10,13-15,19H,3,5,7-9,11-12H2,1-2H3. The number of imidazole rings is 1. The largest absolute Gasteiger partial charge is 0.308 e. The summed E-state index contributed by atoms with van der Waals surface area (Å²) in [6, 6.07) is 5.66. The highest BCUT2D eigenvalue weighted by atomic mass is 15.2. The first-order chi connectivity index (χ1) is 11.2. The van der Waals surface area contributed by atoms with E-state index in [2.05, 4.69) is 39.7 Å². The smallest absolute Gasteiger partial charge is 0.160 e. The van der Waals surface area contributed by atoms with Gasteiger partial charge in [-0.25, -0.2) is 9.97 Å². The molecular weight excluding hydrogens is 286 g/mol. The topological polar surface area (TPSA) is 46.0 Å². The Bertz CT molecular complexity index is 663. The molecule has 0 aliphatic carbocycles. The molecule has 1 unspecified atom stereocenters. The van der Waals surface area contributed by atoms with Gasteiger partial charge in [0, 0.05) is 31.4 Å². The zero-order valence-electron chi connectivity index (χ0n) is 14.2. The van der Waals surface area contributed by atoms with E-state index in [1.54, 1.807) is 0 Å². The van der Waals surface area contributed by atoms with Gasteiger partial charge in [0.05, 0.1) is 6.04 Å². The van der Waals surface area contributed by atoms with Crippen molar-refractivity contribution in [3.05, 3.63) is 24.2 Å². The summed E-state index contributed by atoms with van der Waals surface area (Å²) in [5, 5.41) is 3.62. The van der Waals surface area contributed by atoms with Crippen LogP contribution in [0.15, 0.2) is 18.3 Å². The van der Waals surface area contributed by atoms with Gasteiger partial charge in [-0.2, -0.15) is 0 Å². The zero-order valence-corrected chi connectivity index (χ0v) is 14.2. The predicted octanol–water partition coefficient (Wildman–Crippen LogP) is 2.90. The van der Waals surface area contributed by atoms with Crippen LogP contribution >= 0.6 is 0 Å². The Kier molecular flexibility index (Phi) is 4.07. The van der Waals surface area contributed by atoms with Gasteiger partial charge in [-0.05, 0) is 58.2 Å². The molecule has 0 spiro atoms. The second-order valence-electron chi connectivity index (χ2n) is 7.20. The fraction of sp³-hybridized carbons (Fsp3) is 0.667. The number of piperidine rings is 1. The number of fused-ring (bicyclic) bond motifs is 1. The monoisotopic (exact) mass is 313 g/mol. The van der Waals surface area contributed by atoms with Crippen LogP contribution in [-0.2, 0) is 0 Å². The van der Waals surface area contributed by atoms with Crippen LogP contribution in [0.1, 0.15) is 57.4 Å². The molecule has 0 radical (unpaired) electrons. The molecule has 2 aromatic rings. The van der Waals surface area contributed by atoms with Crippen LogP contribution in [-0.4, -0.2) is 45.1 Å². The summed E-state index contributed by atoms with van der Waals surface area (Å²) in [5.41, 5.74) is 2.11. The number of nitrogens with one attached hydrogen (secondary N) is 1. The quantitative estimate of drug-likeness (QED) is 0.946. The van der Waals surface area contributed by atoms with Gasteiger partial charge >= 0.3 is 0 Å². The Morgan fingerprint density at radius 3 is 2.74 bits per heavy atom. The molecule has 0 saturated carbocycles. The number of rotatable bonds is 3. The summed E-state index contributed by atoms with van der Waals surface area (Å²) in [7, 11) is 0. The summed E-state index contributed by atoms with van der Waals surface area (Å²) in [4.78, 5) is 12.2. The van der Waals surface area contributed by atoms with E-state index in [0.717, 1.165) is 17.7 Å². The van der Waals surface area contributed by atoms with Gasteiger partial charge in [-0.15, -0.1) is 0 Å². The van der Waals surface area contributed by atoms with E-state index in [1.165, 1.54) is 44.6 Å². The highest BCUT2D eigenvalue weighted by Gasteiger charge is 2.29. The first-order valence-corrected chi connectivity index (χ1v) is 9.04. The molecule has 5 heteroatoms. The van der Waals surface area contributed by atoms with Crippen LogP contribution < -0.4 is 5.32 Å². The van der Waals surface area contributed by atoms with E-state index < -0.39 is 0 Å². The molecule has 0 amide bonds. The summed E-state index contributed by atoms with van der Waals surface area (Å²) < 4.78 is 2.45. The maximum Gasteiger partial charge on any atom is 0.160 e. The normalized spacial score (nSPS) is 24.0. The van der Waals surface area contributed by atoms with Gasteiger partial charge in [0.1, 0.15) is 11.3 Å². The predicted molar refractivity (Wildman–Crippen MR) is 92.5 cm³/mol. The molecule has 1 atom stereocenters. The highest BCUT2D eigenvalue weighted by Crippen LogP contribution is 2.33. The van der Waals surface area contributed by atoms with E-state index in [1.807, 2.05) is 12.3 Å². The van der Waals surface area contributed by atoms with Crippen LogP contribution in [0, 0.1) is 0 Å². The number of hydrogen-bond acceptors (Lipinski definition) is 4. The fourth-order valence-corrected chi connectivity index (χ4v) is 4.12. The van der Waals surface area contributed by atoms with E-state index in [-0.39, 0.29) is 0 Å². The van der Waals surface area contributed by atoms with Crippen molar-refractivity contribution in [2.45, 2.75) is 57.7 Å². The number of nitrogens with zero attached hydrogens (tertiary/aromatic N) is 4. The van der Waals surface area contributed by atoms with E-state index in [9.17, 15) is 0 Å². The molecule has 0 bridgehead atoms. The summed E-state index contributed by atoms with van der Waals surface area (Å²) in [5.74, 6) is 1.21. The lowest BCUT2D eigenvalue weighted by Gasteiger charge is -2.36. The Balaban J connectivity index is 1.69. The maximum atomic E-state index is 4.95. The van der Waals surface area contributed by atoms with E-state index in [4.69, 9.17) is 4.98 Å². The van der Waals surface area contributed by atoms with Crippen LogP contribution in [0.5, 0.6) is 0 Å². The molecule has 2 aliphatic rings. The van der Waals surface area contributed by atoms with Crippen molar-refractivity contribution in [3.63, 3.8) is 0 Å². The van der Waals surface area contributed by atoms with Gasteiger partial charge in [0.2, 0.25) is 0 Å². The molecule has 1 N–H and O–H groups in total. The minimum Gasteiger partial charge on any atom is -0.308 e. The van der Waals surface area contributed by atoms with Gasteiger partial charge in [-0.1, -0.05) is 0 Å². The first-order valence-electron chi connectivity index (χ1n) is 9.04. The molecule has 4 heterocycles. The molecule has 2 aromatic heterocycles. The van der Waals surface area contributed by atoms with Crippen molar-refractivity contribution in [3.8, 4) is 0 Å². The first kappa shape index (κ1) is 15.1. The molecule has 23 heavy (non-hydrogen) atoms. The summed E-state index contributed by atoms with van der Waals surface area (Å²) >= 11 is 0. The third-order valence-electron chi connectivity index (χ3n) is 5.44. The van der Waals surface area contributed by atoms with E-state index in [0.29, 0.717) is 18.1 Å². The average Bonchev–Trinajstić information content (AvgIpc) is 3.22. The van der Waals surface area contributed by atoms with Gasteiger partial charge in [0.15, 0.2) is 5.65 Å². The minimum atomic E-state index is 0.396. The number of pyridine rings is 1. The van der Waals surface area contributed by atoms with Crippen LogP contribution in [0.4, 0.5) is 0 Å². The van der Waals surface area contributed by atoms with Gasteiger partial charge in [-0.3, -0.25) is 0 Å². The van der Waals surface area contributed by atoms with Crippen LogP contribution in [0.25, 0.3) is 11.2 Å². The Morgan fingerprint density at radius 1 is 1.22 bits per heavy atom. The van der Waals surface area contributed by atoms with Crippen molar-refractivity contribution in [1.29, 1.82) is 0 Å². The maximum absolute atomic E-state index is 4.95. The molecule has 4 rings (SSSR count). The van der Waals surface area contributed by atoms with E-state index >= 15 is 0 Å². The van der Waals surface area contributed by atoms with Gasteiger partial charge < -0.3 is 14.8 Å². The third-order valence-corrected chi connectivity index (χ3v) is 5.44. The lowest BCUT2D eigenvalue weighted by Crippen LogP contribution is -2.39. The summed E-state index contributed by atoms with van der Waals surface area (Å²) in [6.07, 6.45) is 6.72. The van der Waals surface area contributed by atoms with Crippen molar-refractivity contribution < 1.29 is 0 Å². The highest BCUT2D eigenvalue weighted by molar-refractivity contribution is 5.71. The molecule has 2 aliphatic heterocycles. The van der Waals surface area contributed by atoms with Crippen LogP contribution in [0.3, 0.4) is 0 Å². The lowest BCUT2D eigenvalue weighted by atomic mass is 10.0. The summed E-state index contributed by atoms with van der Waals surface area (Å²) in [6.45, 7) is 8.04. The zero-order chi connectivity index (χ0) is 15.8. The molecule has 124 valence electrons. The Labute approximate surface area is 138 Å². The average molecular weight is 313 g/mol. The molecule has 0 aromatic carbocycles. The fourth-order valence-electron chi connectivity index (χ4n) is 4.12. The molecule has 5 nitrogen and oxygen atoms in total. The second-order valence-corrected chi connectivity index (χ2v) is 7.20. The van der Waals surface area contributed by atoms with Crippen molar-refractivity contribution in [2.24, 2.45) is 0 Å². The van der Waals surface area contributed by atoms with Crippen molar-refractivity contribution >= 4 is 11.2 Å². The molecular formula is C18H27N5. The number of likely N-dealkylation sites (tertiary alicyclic amines) is 1. The van der Waals surface area contributed by atoms with Gasteiger partial charge in [0.25, 0.3) is 0 Å². The van der Waals surface area contributed by atoms with Crippen molar-refractivity contribution in [2.75, 3.05) is 19.6 Å². The second kappa shape index (κ2) is 6.21. The number of hydrogen-bond donors (Lipinski definition) is 1. The number of aromatic nitrogens is 3. The van der Waals surface area contributed by atoms with Crippen LogP contribution in [0.2, 0.25) is 0 Å². The molecule has 2 fully saturated rings. The SMILES string of the molecule is CC(C)N1CCC(n2c(C3CCCN3)nc3cccnc32)CC1. The molecule has 2 saturated heterocycles. The Morgan fingerprint density at radius 2 is 2.04 bits per heavy atom. The van der Waals surface area contributed by atoms with Crippen molar-refractivity contribution in [1.82, 2.24) is 24.8 Å². The Hall–Kier alpha value is -1.46.